The van der Waals surface area contributed by atoms with E-state index in [4.69, 9.17) is 0 Å². The van der Waals surface area contributed by atoms with Crippen LogP contribution in [0.1, 0.15) is 22.3 Å². The standard InChI is InChI=1S/2C15H12O3.Mo/c2*16-13-9-5-4-8-12(13)15(18)10-14(17)11-6-2-1-3-7-11;/h2*1-10,16,18H;/p+2/b2*15-10-;. The SMILES string of the molecule is O/C(=C\C(=[OH+])c1ccccc1)c1ccccc1O.O/C(=C\C(=[OH+])c1ccccc1)c1ccccc1O.[Mo]. The van der Waals surface area contributed by atoms with Gasteiger partial charge in [-0.05, 0) is 48.5 Å². The third-order valence-electron chi connectivity index (χ3n) is 5.05. The number of rotatable bonds is 6. The topological polar surface area (TPSA) is 124 Å². The first-order valence-electron chi connectivity index (χ1n) is 11.0. The Hall–Kier alpha value is -4.41. The van der Waals surface area contributed by atoms with Crippen molar-refractivity contribution in [1.82, 2.24) is 0 Å². The average molecular weight is 578 g/mol. The number of phenolic OH excluding ortho intramolecular Hbond substituents is 2. The van der Waals surface area contributed by atoms with Crippen molar-refractivity contribution in [1.29, 1.82) is 0 Å². The van der Waals surface area contributed by atoms with E-state index in [0.29, 0.717) is 11.1 Å². The second-order valence-corrected chi connectivity index (χ2v) is 7.60. The summed E-state index contributed by atoms with van der Waals surface area (Å²) in [6.45, 7) is 0. The van der Waals surface area contributed by atoms with E-state index in [-0.39, 0.29) is 66.8 Å². The maximum Gasteiger partial charge on any atom is 0.350 e. The molecule has 6 N–H and O–H groups in total. The van der Waals surface area contributed by atoms with Crippen molar-refractivity contribution >= 4 is 23.1 Å². The van der Waals surface area contributed by atoms with Gasteiger partial charge in [0.25, 0.3) is 0 Å². The number of carbonyl (C=O) groups excluding carboxylic acids is 2. The molecule has 4 aromatic carbocycles. The van der Waals surface area contributed by atoms with Gasteiger partial charge in [-0.15, -0.1) is 0 Å². The zero-order chi connectivity index (χ0) is 25.9. The van der Waals surface area contributed by atoms with Crippen molar-refractivity contribution in [3.63, 3.8) is 0 Å². The van der Waals surface area contributed by atoms with Gasteiger partial charge in [-0.2, -0.15) is 0 Å². The van der Waals surface area contributed by atoms with Crippen LogP contribution in [0.25, 0.3) is 11.5 Å². The summed E-state index contributed by atoms with van der Waals surface area (Å²) in [4.78, 5) is 19.7. The van der Waals surface area contributed by atoms with Crippen LogP contribution >= 0.6 is 0 Å². The number of hydrogen-bond acceptors (Lipinski definition) is 4. The molecule has 0 atom stereocenters. The van der Waals surface area contributed by atoms with Gasteiger partial charge >= 0.3 is 11.6 Å². The quantitative estimate of drug-likeness (QED) is 0.0763. The van der Waals surface area contributed by atoms with Gasteiger partial charge in [0.15, 0.2) is 0 Å². The van der Waals surface area contributed by atoms with Gasteiger partial charge in [0, 0.05) is 21.1 Å². The normalized spacial score (nSPS) is 10.9. The fraction of sp³-hybridized carbons (Fsp3) is 0. The molecule has 0 radical (unpaired) electrons. The smallest absolute Gasteiger partial charge is 0.350 e. The fourth-order valence-electron chi connectivity index (χ4n) is 3.18. The minimum absolute atomic E-state index is 0. The maximum absolute atomic E-state index is 9.85. The van der Waals surface area contributed by atoms with Crippen LogP contribution in [0.5, 0.6) is 11.5 Å². The number of allylic oxidation sites excluding steroid dienone is 2. The Balaban J connectivity index is 0.000000253. The van der Waals surface area contributed by atoms with Gasteiger partial charge in [-0.3, -0.25) is 9.59 Å². The van der Waals surface area contributed by atoms with Gasteiger partial charge in [0.2, 0.25) is 0 Å². The summed E-state index contributed by atoms with van der Waals surface area (Å²) in [6.07, 6.45) is 2.43. The number of para-hydroxylation sites is 2. The minimum atomic E-state index is -0.186. The molecule has 0 aromatic heterocycles. The molecule has 0 spiro atoms. The van der Waals surface area contributed by atoms with E-state index in [2.05, 4.69) is 0 Å². The van der Waals surface area contributed by atoms with Crippen LogP contribution in [0.2, 0.25) is 0 Å². The summed E-state index contributed by atoms with van der Waals surface area (Å²) in [5, 5.41) is 38.9. The zero-order valence-electron chi connectivity index (χ0n) is 19.6. The van der Waals surface area contributed by atoms with Crippen molar-refractivity contribution in [2.75, 3.05) is 0 Å². The Morgan fingerprint density at radius 1 is 0.486 bits per heavy atom. The third-order valence-corrected chi connectivity index (χ3v) is 5.05. The van der Waals surface area contributed by atoms with Crippen LogP contribution in [-0.2, 0) is 21.1 Å². The number of benzene rings is 4. The first kappa shape index (κ1) is 28.8. The first-order chi connectivity index (χ1) is 17.4. The second-order valence-electron chi connectivity index (χ2n) is 7.60. The van der Waals surface area contributed by atoms with Crippen LogP contribution < -0.4 is 0 Å². The summed E-state index contributed by atoms with van der Waals surface area (Å²) in [6, 6.07) is 30.5. The molecule has 0 saturated heterocycles. The number of hydrogen-bond donors (Lipinski definition) is 4. The van der Waals surface area contributed by atoms with Crippen LogP contribution in [0.3, 0.4) is 0 Å². The Morgan fingerprint density at radius 2 is 0.784 bits per heavy atom. The van der Waals surface area contributed by atoms with Crippen LogP contribution in [0.15, 0.2) is 121 Å². The Kier molecular flexibility index (Phi) is 11.1. The summed E-state index contributed by atoms with van der Waals surface area (Å²) in [5.74, 6) is -0.559. The van der Waals surface area contributed by atoms with Crippen molar-refractivity contribution < 1.29 is 51.1 Å². The number of aromatic hydroxyl groups is 2. The predicted octanol–water partition coefficient (Wildman–Crippen LogP) is 5.77. The van der Waals surface area contributed by atoms with Gasteiger partial charge in [-0.25, -0.2) is 0 Å². The molecule has 6 nitrogen and oxygen atoms in total. The largest absolute Gasteiger partial charge is 0.507 e. The van der Waals surface area contributed by atoms with Crippen molar-refractivity contribution in [3.8, 4) is 11.5 Å². The Bertz CT molecular complexity index is 1290. The zero-order valence-corrected chi connectivity index (χ0v) is 21.6. The van der Waals surface area contributed by atoms with Crippen molar-refractivity contribution in [2.24, 2.45) is 0 Å². The first-order valence-corrected chi connectivity index (χ1v) is 11.0. The average Bonchev–Trinajstić information content (AvgIpc) is 2.90. The molecule has 0 unspecified atom stereocenters. The van der Waals surface area contributed by atoms with E-state index >= 15 is 0 Å². The molecule has 0 amide bonds. The fourth-order valence-corrected chi connectivity index (χ4v) is 3.18. The Morgan fingerprint density at radius 3 is 1.11 bits per heavy atom. The second kappa shape index (κ2) is 14.2. The van der Waals surface area contributed by atoms with Gasteiger partial charge < -0.3 is 20.4 Å². The number of phenols is 2. The van der Waals surface area contributed by atoms with E-state index < -0.39 is 0 Å². The van der Waals surface area contributed by atoms with E-state index in [1.54, 1.807) is 84.9 Å². The molecule has 4 aromatic rings. The molecule has 0 aliphatic carbocycles. The van der Waals surface area contributed by atoms with Gasteiger partial charge in [-0.1, -0.05) is 60.7 Å². The van der Waals surface area contributed by atoms with E-state index in [0.717, 1.165) is 0 Å². The van der Waals surface area contributed by atoms with Crippen LogP contribution in [0, 0.1) is 0 Å². The monoisotopic (exact) mass is 580 g/mol. The molecule has 0 fully saturated rings. The molecule has 0 aliphatic rings. The van der Waals surface area contributed by atoms with E-state index in [1.807, 2.05) is 12.1 Å². The van der Waals surface area contributed by atoms with Gasteiger partial charge in [0.05, 0.1) is 34.4 Å². The molecule has 0 heterocycles. The minimum Gasteiger partial charge on any atom is -0.507 e. The Labute approximate surface area is 228 Å². The molecule has 186 valence electrons. The molecule has 0 saturated carbocycles. The molecule has 7 heteroatoms. The summed E-state index contributed by atoms with van der Waals surface area (Å²) in [7, 11) is 0. The summed E-state index contributed by atoms with van der Waals surface area (Å²) in [5.41, 5.74) is 1.75. The molecule has 37 heavy (non-hydrogen) atoms. The summed E-state index contributed by atoms with van der Waals surface area (Å²) >= 11 is 0. The van der Waals surface area contributed by atoms with Gasteiger partial charge in [0.1, 0.15) is 23.0 Å². The maximum atomic E-state index is 9.85. The molecular weight excluding hydrogens is 552 g/mol. The summed E-state index contributed by atoms with van der Waals surface area (Å²) < 4.78 is 0. The number of ketones is 2. The molecule has 4 rings (SSSR count). The number of aliphatic hydroxyl groups excluding tert-OH is 2. The molecule has 0 bridgehead atoms. The number of aliphatic hydroxyl groups is 2. The predicted molar refractivity (Wildman–Crippen MR) is 142 cm³/mol. The van der Waals surface area contributed by atoms with E-state index in [1.165, 1.54) is 24.3 Å². The van der Waals surface area contributed by atoms with Crippen molar-refractivity contribution in [2.45, 2.75) is 0 Å². The molecule has 0 aliphatic heterocycles. The third kappa shape index (κ3) is 8.34. The van der Waals surface area contributed by atoms with Crippen LogP contribution in [-0.4, -0.2) is 41.6 Å². The van der Waals surface area contributed by atoms with Crippen LogP contribution in [0.4, 0.5) is 0 Å². The van der Waals surface area contributed by atoms with Crippen molar-refractivity contribution in [3.05, 3.63) is 144 Å². The van der Waals surface area contributed by atoms with E-state index in [9.17, 15) is 30.0 Å². The molecular formula is C30H26MoO6+2.